The highest BCUT2D eigenvalue weighted by Crippen LogP contribution is 2.35. The van der Waals surface area contributed by atoms with Gasteiger partial charge in [0.15, 0.2) is 11.5 Å². The highest BCUT2D eigenvalue weighted by Gasteiger charge is 2.40. The second kappa shape index (κ2) is 6.54. The van der Waals surface area contributed by atoms with Gasteiger partial charge in [-0.2, -0.15) is 0 Å². The molecule has 2 aliphatic rings. The fourth-order valence-corrected chi connectivity index (χ4v) is 5.07. The largest absolute Gasteiger partial charge is 0.493 e. The Bertz CT molecular complexity index is 716. The number of benzene rings is 1. The number of aryl methyl sites for hydroxylation is 1. The van der Waals surface area contributed by atoms with Crippen molar-refractivity contribution in [3.05, 3.63) is 17.7 Å². The zero-order valence-corrected chi connectivity index (χ0v) is 15.5. The van der Waals surface area contributed by atoms with Gasteiger partial charge in [-0.15, -0.1) is 0 Å². The van der Waals surface area contributed by atoms with E-state index < -0.39 is 10.0 Å². The van der Waals surface area contributed by atoms with Crippen molar-refractivity contribution in [3.8, 4) is 11.5 Å². The molecule has 7 heteroatoms. The van der Waals surface area contributed by atoms with Crippen LogP contribution in [0.3, 0.4) is 0 Å². The third kappa shape index (κ3) is 3.38. The normalized spacial score (nSPS) is 25.0. The quantitative estimate of drug-likeness (QED) is 0.845. The summed E-state index contributed by atoms with van der Waals surface area (Å²) in [6, 6.07) is 4.27. The number of nitrogens with one attached hydrogen (secondary N) is 1. The number of methoxy groups -OCH3 is 2. The lowest BCUT2D eigenvalue weighted by atomic mass is 10.2. The Kier molecular flexibility index (Phi) is 4.77. The summed E-state index contributed by atoms with van der Waals surface area (Å²) in [5, 5.41) is 0. The number of sulfonamides is 1. The molecule has 1 aliphatic heterocycles. The average molecular weight is 354 g/mol. The van der Waals surface area contributed by atoms with Crippen LogP contribution in [0.5, 0.6) is 11.5 Å². The lowest BCUT2D eigenvalue weighted by molar-refractivity contribution is 0.256. The van der Waals surface area contributed by atoms with Gasteiger partial charge in [0.2, 0.25) is 10.0 Å². The lowest BCUT2D eigenvalue weighted by Gasteiger charge is -2.20. The minimum absolute atomic E-state index is 0.0434. The summed E-state index contributed by atoms with van der Waals surface area (Å²) in [6.07, 6.45) is 3.32. The molecule has 0 spiro atoms. The van der Waals surface area contributed by atoms with Crippen LogP contribution in [0.4, 0.5) is 0 Å². The van der Waals surface area contributed by atoms with Crippen molar-refractivity contribution in [2.24, 2.45) is 0 Å². The number of nitrogens with zero attached hydrogens (tertiary/aromatic N) is 1. The fourth-order valence-electron chi connectivity index (χ4n) is 3.59. The molecule has 134 valence electrons. The van der Waals surface area contributed by atoms with Crippen molar-refractivity contribution < 1.29 is 17.9 Å². The molecule has 1 aromatic rings. The Morgan fingerprint density at radius 3 is 2.38 bits per heavy atom. The van der Waals surface area contributed by atoms with Gasteiger partial charge in [-0.25, -0.2) is 13.1 Å². The molecule has 1 N–H and O–H groups in total. The zero-order valence-electron chi connectivity index (χ0n) is 14.7. The number of hydrogen-bond acceptors (Lipinski definition) is 5. The highest BCUT2D eigenvalue weighted by atomic mass is 32.2. The van der Waals surface area contributed by atoms with Crippen LogP contribution in [0.1, 0.15) is 31.7 Å². The summed E-state index contributed by atoms with van der Waals surface area (Å²) in [4.78, 5) is 2.67. The Morgan fingerprint density at radius 1 is 1.17 bits per heavy atom. The minimum atomic E-state index is -3.60. The second-order valence-electron chi connectivity index (χ2n) is 6.80. The molecule has 0 radical (unpaired) electrons. The van der Waals surface area contributed by atoms with E-state index in [0.717, 1.165) is 13.0 Å². The van der Waals surface area contributed by atoms with Crippen LogP contribution >= 0.6 is 0 Å². The van der Waals surface area contributed by atoms with E-state index in [9.17, 15) is 8.42 Å². The summed E-state index contributed by atoms with van der Waals surface area (Å²) in [7, 11) is -0.555. The maximum atomic E-state index is 12.8. The Morgan fingerprint density at radius 2 is 1.79 bits per heavy atom. The van der Waals surface area contributed by atoms with Crippen LogP contribution in [0.25, 0.3) is 0 Å². The lowest BCUT2D eigenvalue weighted by Crippen LogP contribution is -2.37. The predicted octanol–water partition coefficient (Wildman–Crippen LogP) is 1.92. The maximum Gasteiger partial charge on any atom is 0.241 e. The van der Waals surface area contributed by atoms with E-state index in [0.29, 0.717) is 29.1 Å². The van der Waals surface area contributed by atoms with E-state index in [1.807, 2.05) is 0 Å². The first-order valence-corrected chi connectivity index (χ1v) is 9.84. The molecular formula is C17H26N2O4S. The van der Waals surface area contributed by atoms with E-state index in [1.54, 1.807) is 13.0 Å². The molecule has 1 aromatic carbocycles. The molecule has 2 fully saturated rings. The van der Waals surface area contributed by atoms with Crippen molar-refractivity contribution in [1.82, 2.24) is 9.62 Å². The molecular weight excluding hydrogens is 328 g/mol. The molecule has 24 heavy (non-hydrogen) atoms. The number of rotatable bonds is 6. The van der Waals surface area contributed by atoms with E-state index in [4.69, 9.17) is 9.47 Å². The van der Waals surface area contributed by atoms with Crippen LogP contribution in [0, 0.1) is 6.92 Å². The molecule has 6 nitrogen and oxygen atoms in total. The van der Waals surface area contributed by atoms with Crippen LogP contribution in [-0.2, 0) is 10.0 Å². The first-order valence-electron chi connectivity index (χ1n) is 8.36. The number of likely N-dealkylation sites (tertiary alicyclic amines) is 1. The van der Waals surface area contributed by atoms with Crippen LogP contribution in [0.15, 0.2) is 17.0 Å². The third-order valence-electron chi connectivity index (χ3n) is 4.93. The van der Waals surface area contributed by atoms with E-state index >= 15 is 0 Å². The van der Waals surface area contributed by atoms with Gasteiger partial charge < -0.3 is 9.47 Å². The van der Waals surface area contributed by atoms with Gasteiger partial charge in [-0.1, -0.05) is 0 Å². The van der Waals surface area contributed by atoms with Crippen LogP contribution < -0.4 is 14.2 Å². The summed E-state index contributed by atoms with van der Waals surface area (Å²) in [5.41, 5.74) is 0.644. The number of ether oxygens (including phenoxy) is 2. The molecule has 1 heterocycles. The molecule has 3 rings (SSSR count). The van der Waals surface area contributed by atoms with Crippen molar-refractivity contribution >= 4 is 10.0 Å². The fraction of sp³-hybridized carbons (Fsp3) is 0.647. The molecule has 2 atom stereocenters. The van der Waals surface area contributed by atoms with Crippen molar-refractivity contribution in [1.29, 1.82) is 0 Å². The van der Waals surface area contributed by atoms with Gasteiger partial charge in [-0.05, 0) is 44.7 Å². The first kappa shape index (κ1) is 17.5. The van der Waals surface area contributed by atoms with E-state index in [1.165, 1.54) is 33.1 Å². The summed E-state index contributed by atoms with van der Waals surface area (Å²) in [6.45, 7) is 4.73. The van der Waals surface area contributed by atoms with Gasteiger partial charge in [0, 0.05) is 30.7 Å². The van der Waals surface area contributed by atoms with Gasteiger partial charge in [-0.3, -0.25) is 4.90 Å². The van der Waals surface area contributed by atoms with Gasteiger partial charge in [0.25, 0.3) is 0 Å². The third-order valence-corrected chi connectivity index (χ3v) is 6.59. The Balaban J connectivity index is 1.80. The van der Waals surface area contributed by atoms with E-state index in [-0.39, 0.29) is 10.9 Å². The molecule has 0 amide bonds. The predicted molar refractivity (Wildman–Crippen MR) is 92.2 cm³/mol. The molecule has 0 aromatic heterocycles. The smallest absolute Gasteiger partial charge is 0.241 e. The number of hydrogen-bond donors (Lipinski definition) is 1. The minimum Gasteiger partial charge on any atom is -0.493 e. The molecule has 0 bridgehead atoms. The topological polar surface area (TPSA) is 67.9 Å². The highest BCUT2D eigenvalue weighted by molar-refractivity contribution is 7.89. The maximum absolute atomic E-state index is 12.8. The zero-order chi connectivity index (χ0) is 17.5. The molecule has 1 aliphatic carbocycles. The Hall–Kier alpha value is -1.31. The monoisotopic (exact) mass is 354 g/mol. The van der Waals surface area contributed by atoms with Crippen LogP contribution in [-0.4, -0.2) is 52.2 Å². The summed E-state index contributed by atoms with van der Waals surface area (Å²) < 4.78 is 39.1. The standard InChI is InChI=1S/C17H26N2O4S/c1-11-7-15(22-3)16(23-4)9-17(11)24(20,21)18-13-8-12(2)19(10-13)14-5-6-14/h7,9,12-14,18H,5-6,8,10H2,1-4H3/t12-,13+/m0/s1. The van der Waals surface area contributed by atoms with E-state index in [2.05, 4.69) is 16.5 Å². The van der Waals surface area contributed by atoms with Gasteiger partial charge in [0.1, 0.15) is 0 Å². The molecule has 1 saturated heterocycles. The van der Waals surface area contributed by atoms with Gasteiger partial charge in [0.05, 0.1) is 19.1 Å². The SMILES string of the molecule is COc1cc(C)c(S(=O)(=O)N[C@@H]2C[C@H](C)N(C3CC3)C2)cc1OC. The van der Waals surface area contributed by atoms with Crippen molar-refractivity contribution in [3.63, 3.8) is 0 Å². The van der Waals surface area contributed by atoms with Crippen molar-refractivity contribution in [2.45, 2.75) is 56.1 Å². The first-order chi connectivity index (χ1) is 11.4. The summed E-state index contributed by atoms with van der Waals surface area (Å²) >= 11 is 0. The van der Waals surface area contributed by atoms with Crippen molar-refractivity contribution in [2.75, 3.05) is 20.8 Å². The second-order valence-corrected chi connectivity index (χ2v) is 8.49. The molecule has 1 saturated carbocycles. The molecule has 0 unspecified atom stereocenters. The summed E-state index contributed by atoms with van der Waals surface area (Å²) in [5.74, 6) is 0.950. The Labute approximate surface area is 144 Å². The average Bonchev–Trinajstić information content (AvgIpc) is 3.30. The van der Waals surface area contributed by atoms with Crippen LogP contribution in [0.2, 0.25) is 0 Å². The van der Waals surface area contributed by atoms with Gasteiger partial charge >= 0.3 is 0 Å².